The predicted octanol–water partition coefficient (Wildman–Crippen LogP) is 2.41. The summed E-state index contributed by atoms with van der Waals surface area (Å²) in [6, 6.07) is 5.80. The largest absolute Gasteiger partial charge is 0.493 e. The Kier molecular flexibility index (Phi) is 3.85. The highest BCUT2D eigenvalue weighted by atomic mass is 16.5. The number of piperidine rings is 1. The first kappa shape index (κ1) is 13.7. The summed E-state index contributed by atoms with van der Waals surface area (Å²) >= 11 is 0. The summed E-state index contributed by atoms with van der Waals surface area (Å²) < 4.78 is 12.0. The summed E-state index contributed by atoms with van der Waals surface area (Å²) in [7, 11) is 0. The normalized spacial score (nSPS) is 24.0. The van der Waals surface area contributed by atoms with Crippen LogP contribution in [0.2, 0.25) is 0 Å². The highest BCUT2D eigenvalue weighted by Gasteiger charge is 2.42. The lowest BCUT2D eigenvalue weighted by molar-refractivity contribution is -0.0348. The van der Waals surface area contributed by atoms with E-state index in [0.29, 0.717) is 13.0 Å². The first-order chi connectivity index (χ1) is 9.74. The lowest BCUT2D eigenvalue weighted by atomic mass is 9.82. The standard InChI is InChI=1S/C16H23NO3/c1-2-10-19-13-4-3-5-14-15(13)12(18)11-16(20-14)6-8-17-9-7-16/h3-5,12,17-18H,2,6-11H2,1H3. The number of ether oxygens (including phenoxy) is 2. The van der Waals surface area contributed by atoms with Crippen LogP contribution in [0.25, 0.3) is 0 Å². The fraction of sp³-hybridized carbons (Fsp3) is 0.625. The van der Waals surface area contributed by atoms with Gasteiger partial charge in [-0.3, -0.25) is 0 Å². The molecule has 0 aliphatic carbocycles. The van der Waals surface area contributed by atoms with E-state index in [9.17, 15) is 5.11 Å². The van der Waals surface area contributed by atoms with Crippen LogP contribution in [-0.2, 0) is 0 Å². The molecular formula is C16H23NO3. The van der Waals surface area contributed by atoms with Crippen LogP contribution < -0.4 is 14.8 Å². The molecule has 0 bridgehead atoms. The molecule has 1 saturated heterocycles. The Balaban J connectivity index is 1.89. The molecule has 2 N–H and O–H groups in total. The van der Waals surface area contributed by atoms with Crippen LogP contribution in [0.5, 0.6) is 11.5 Å². The summed E-state index contributed by atoms with van der Waals surface area (Å²) in [6.07, 6.45) is 3.02. The predicted molar refractivity (Wildman–Crippen MR) is 77.3 cm³/mol. The molecule has 3 rings (SSSR count). The van der Waals surface area contributed by atoms with E-state index >= 15 is 0 Å². The SMILES string of the molecule is CCCOc1cccc2c1C(O)CC1(CCNCC1)O2. The van der Waals surface area contributed by atoms with Gasteiger partial charge in [-0.15, -0.1) is 0 Å². The molecule has 1 spiro atoms. The van der Waals surface area contributed by atoms with Crippen molar-refractivity contribution in [2.24, 2.45) is 0 Å². The molecule has 2 heterocycles. The van der Waals surface area contributed by atoms with Crippen molar-refractivity contribution in [2.75, 3.05) is 19.7 Å². The van der Waals surface area contributed by atoms with E-state index in [1.54, 1.807) is 0 Å². The van der Waals surface area contributed by atoms with Gasteiger partial charge < -0.3 is 19.9 Å². The Morgan fingerprint density at radius 2 is 2.20 bits per heavy atom. The van der Waals surface area contributed by atoms with E-state index in [2.05, 4.69) is 12.2 Å². The molecule has 0 saturated carbocycles. The highest BCUT2D eigenvalue weighted by molar-refractivity contribution is 5.48. The number of fused-ring (bicyclic) bond motifs is 1. The lowest BCUT2D eigenvalue weighted by Crippen LogP contribution is -2.49. The van der Waals surface area contributed by atoms with Crippen LogP contribution in [0.15, 0.2) is 18.2 Å². The number of aliphatic hydroxyl groups is 1. The maximum atomic E-state index is 10.6. The minimum absolute atomic E-state index is 0.207. The molecule has 0 radical (unpaired) electrons. The zero-order valence-corrected chi connectivity index (χ0v) is 12.0. The number of hydrogen-bond donors (Lipinski definition) is 2. The average molecular weight is 277 g/mol. The first-order valence-corrected chi connectivity index (χ1v) is 7.58. The number of hydrogen-bond acceptors (Lipinski definition) is 4. The van der Waals surface area contributed by atoms with Gasteiger partial charge in [0.15, 0.2) is 0 Å². The molecule has 1 fully saturated rings. The van der Waals surface area contributed by atoms with Crippen molar-refractivity contribution in [3.63, 3.8) is 0 Å². The third-order valence-corrected chi connectivity index (χ3v) is 4.23. The fourth-order valence-electron chi connectivity index (χ4n) is 3.20. The van der Waals surface area contributed by atoms with E-state index in [4.69, 9.17) is 9.47 Å². The second kappa shape index (κ2) is 5.62. The van der Waals surface area contributed by atoms with E-state index in [-0.39, 0.29) is 5.60 Å². The van der Waals surface area contributed by atoms with Gasteiger partial charge in [0.2, 0.25) is 0 Å². The van der Waals surface area contributed by atoms with E-state index in [0.717, 1.165) is 49.4 Å². The van der Waals surface area contributed by atoms with Gasteiger partial charge in [-0.1, -0.05) is 13.0 Å². The smallest absolute Gasteiger partial charge is 0.129 e. The van der Waals surface area contributed by atoms with Crippen LogP contribution in [0.3, 0.4) is 0 Å². The Labute approximate surface area is 120 Å². The topological polar surface area (TPSA) is 50.7 Å². The first-order valence-electron chi connectivity index (χ1n) is 7.58. The van der Waals surface area contributed by atoms with Crippen molar-refractivity contribution in [1.29, 1.82) is 0 Å². The fourth-order valence-corrected chi connectivity index (χ4v) is 3.20. The van der Waals surface area contributed by atoms with Gasteiger partial charge in [-0.05, 0) is 44.5 Å². The highest BCUT2D eigenvalue weighted by Crippen LogP contribution is 2.46. The Hall–Kier alpha value is -1.26. The third kappa shape index (κ3) is 2.50. The van der Waals surface area contributed by atoms with Crippen molar-refractivity contribution in [3.8, 4) is 11.5 Å². The van der Waals surface area contributed by atoms with Gasteiger partial charge >= 0.3 is 0 Å². The molecule has 2 aliphatic heterocycles. The Bertz CT molecular complexity index is 469. The maximum Gasteiger partial charge on any atom is 0.129 e. The zero-order valence-electron chi connectivity index (χ0n) is 12.0. The zero-order chi connectivity index (χ0) is 14.0. The Morgan fingerprint density at radius 3 is 2.95 bits per heavy atom. The van der Waals surface area contributed by atoms with Gasteiger partial charge in [0.25, 0.3) is 0 Å². The minimum atomic E-state index is -0.495. The van der Waals surface area contributed by atoms with Gasteiger partial charge in [-0.25, -0.2) is 0 Å². The molecule has 20 heavy (non-hydrogen) atoms. The molecule has 1 aromatic carbocycles. The molecule has 0 amide bonds. The number of rotatable bonds is 3. The molecule has 4 nitrogen and oxygen atoms in total. The molecule has 0 aromatic heterocycles. The molecule has 1 aromatic rings. The van der Waals surface area contributed by atoms with Crippen molar-refractivity contribution < 1.29 is 14.6 Å². The summed E-state index contributed by atoms with van der Waals surface area (Å²) in [5.74, 6) is 1.56. The summed E-state index contributed by atoms with van der Waals surface area (Å²) in [6.45, 7) is 4.65. The molecule has 4 heteroatoms. The number of benzene rings is 1. The molecular weight excluding hydrogens is 254 g/mol. The van der Waals surface area contributed by atoms with E-state index < -0.39 is 6.10 Å². The number of aliphatic hydroxyl groups excluding tert-OH is 1. The minimum Gasteiger partial charge on any atom is -0.493 e. The van der Waals surface area contributed by atoms with Gasteiger partial charge in [-0.2, -0.15) is 0 Å². The molecule has 110 valence electrons. The second-order valence-electron chi connectivity index (χ2n) is 5.77. The monoisotopic (exact) mass is 277 g/mol. The van der Waals surface area contributed by atoms with Crippen molar-refractivity contribution in [1.82, 2.24) is 5.32 Å². The van der Waals surface area contributed by atoms with Crippen LogP contribution in [0.1, 0.15) is 44.3 Å². The summed E-state index contributed by atoms with van der Waals surface area (Å²) in [5.41, 5.74) is 0.617. The van der Waals surface area contributed by atoms with Gasteiger partial charge in [0.05, 0.1) is 18.3 Å². The lowest BCUT2D eigenvalue weighted by Gasteiger charge is -2.43. The number of nitrogens with one attached hydrogen (secondary N) is 1. The van der Waals surface area contributed by atoms with Crippen LogP contribution in [-0.4, -0.2) is 30.4 Å². The van der Waals surface area contributed by atoms with Crippen LogP contribution in [0.4, 0.5) is 0 Å². The quantitative estimate of drug-likeness (QED) is 0.891. The second-order valence-corrected chi connectivity index (χ2v) is 5.77. The average Bonchev–Trinajstić information content (AvgIpc) is 2.45. The van der Waals surface area contributed by atoms with E-state index in [1.165, 1.54) is 0 Å². The van der Waals surface area contributed by atoms with Crippen LogP contribution >= 0.6 is 0 Å². The van der Waals surface area contributed by atoms with Gasteiger partial charge in [0, 0.05) is 6.42 Å². The van der Waals surface area contributed by atoms with E-state index in [1.807, 2.05) is 18.2 Å². The molecule has 1 atom stereocenters. The molecule has 1 unspecified atom stereocenters. The maximum absolute atomic E-state index is 10.6. The summed E-state index contributed by atoms with van der Waals surface area (Å²) in [5, 5.41) is 13.9. The van der Waals surface area contributed by atoms with Crippen molar-refractivity contribution in [3.05, 3.63) is 23.8 Å². The van der Waals surface area contributed by atoms with Crippen LogP contribution in [0, 0.1) is 0 Å². The third-order valence-electron chi connectivity index (χ3n) is 4.23. The van der Waals surface area contributed by atoms with Crippen molar-refractivity contribution >= 4 is 0 Å². The molecule has 2 aliphatic rings. The Morgan fingerprint density at radius 1 is 1.40 bits per heavy atom. The van der Waals surface area contributed by atoms with Crippen molar-refractivity contribution in [2.45, 2.75) is 44.3 Å². The summed E-state index contributed by atoms with van der Waals surface area (Å²) in [4.78, 5) is 0. The van der Waals surface area contributed by atoms with Gasteiger partial charge in [0.1, 0.15) is 17.1 Å².